The Morgan fingerprint density at radius 2 is 1.78 bits per heavy atom. The summed E-state index contributed by atoms with van der Waals surface area (Å²) in [5.41, 5.74) is 4.04. The normalized spacial score (nSPS) is 15.2. The van der Waals surface area contributed by atoms with Gasteiger partial charge in [-0.3, -0.25) is 14.4 Å². The van der Waals surface area contributed by atoms with Gasteiger partial charge in [-0.15, -0.1) is 0 Å². The number of nitrogens with one attached hydrogen (secondary N) is 3. The largest absolute Gasteiger partial charge is 0.424 e. The number of para-hydroxylation sites is 2. The van der Waals surface area contributed by atoms with E-state index < -0.39 is 12.0 Å². The molecule has 0 aromatic heterocycles. The lowest BCUT2D eigenvalue weighted by Crippen LogP contribution is -2.41. The van der Waals surface area contributed by atoms with Gasteiger partial charge >= 0.3 is 5.97 Å². The highest BCUT2D eigenvalue weighted by Gasteiger charge is 2.28. The molecule has 0 bridgehead atoms. The van der Waals surface area contributed by atoms with Gasteiger partial charge in [-0.25, -0.2) is 0 Å². The van der Waals surface area contributed by atoms with Gasteiger partial charge in [-0.05, 0) is 49.2 Å². The van der Waals surface area contributed by atoms with E-state index in [-0.39, 0.29) is 24.0 Å². The summed E-state index contributed by atoms with van der Waals surface area (Å²) in [5.74, 6) is -0.855. The van der Waals surface area contributed by atoms with Gasteiger partial charge in [0.2, 0.25) is 11.8 Å². The number of esters is 1. The zero-order valence-electron chi connectivity index (χ0n) is 15.4. The quantitative estimate of drug-likeness (QED) is 0.570. The predicted molar refractivity (Wildman–Crippen MR) is 103 cm³/mol. The molecule has 2 aromatic rings. The van der Waals surface area contributed by atoms with E-state index in [1.165, 1.54) is 6.92 Å². The predicted octanol–water partition coefficient (Wildman–Crippen LogP) is 2.99. The van der Waals surface area contributed by atoms with E-state index in [2.05, 4.69) is 16.0 Å². The first-order chi connectivity index (χ1) is 12.8. The Balaban J connectivity index is 1.70. The Hall–Kier alpha value is -3.35. The Morgan fingerprint density at radius 1 is 1.11 bits per heavy atom. The van der Waals surface area contributed by atoms with Crippen LogP contribution < -0.4 is 20.7 Å². The molecule has 27 heavy (non-hydrogen) atoms. The smallest absolute Gasteiger partial charge is 0.308 e. The fourth-order valence-electron chi connectivity index (χ4n) is 2.86. The van der Waals surface area contributed by atoms with Crippen molar-refractivity contribution in [3.05, 3.63) is 47.5 Å². The lowest BCUT2D eigenvalue weighted by atomic mass is 10.0. The highest BCUT2D eigenvalue weighted by atomic mass is 16.5. The molecule has 2 amide bonds. The number of amides is 2. The first-order valence-corrected chi connectivity index (χ1v) is 8.59. The summed E-state index contributed by atoms with van der Waals surface area (Å²) in [7, 11) is 0. The van der Waals surface area contributed by atoms with E-state index in [0.29, 0.717) is 11.4 Å². The number of anilines is 3. The molecule has 1 heterocycles. The van der Waals surface area contributed by atoms with Gasteiger partial charge in [0.1, 0.15) is 6.04 Å². The zero-order valence-corrected chi connectivity index (χ0v) is 15.4. The molecule has 1 aliphatic heterocycles. The number of hydrogen-bond donors (Lipinski definition) is 3. The third kappa shape index (κ3) is 4.25. The van der Waals surface area contributed by atoms with Crippen LogP contribution in [0.5, 0.6) is 5.75 Å². The number of carbonyl (C=O) groups is 3. The molecule has 0 saturated carbocycles. The fraction of sp³-hybridized carbons (Fsp3) is 0.250. The van der Waals surface area contributed by atoms with Crippen LogP contribution in [0.3, 0.4) is 0 Å². The number of rotatable bonds is 4. The summed E-state index contributed by atoms with van der Waals surface area (Å²) in [6, 6.07) is 9.80. The van der Waals surface area contributed by atoms with Crippen LogP contribution in [0, 0.1) is 13.8 Å². The van der Waals surface area contributed by atoms with Crippen LogP contribution in [0.2, 0.25) is 0 Å². The Bertz CT molecular complexity index is 923. The molecular weight excluding hydrogens is 346 g/mol. The van der Waals surface area contributed by atoms with Crippen LogP contribution in [0.15, 0.2) is 36.4 Å². The maximum absolute atomic E-state index is 12.4. The number of fused-ring (bicyclic) bond motifs is 1. The first-order valence-electron chi connectivity index (χ1n) is 8.59. The van der Waals surface area contributed by atoms with Crippen molar-refractivity contribution < 1.29 is 19.1 Å². The Kier molecular flexibility index (Phi) is 5.12. The second-order valence-electron chi connectivity index (χ2n) is 6.51. The summed E-state index contributed by atoms with van der Waals surface area (Å²) >= 11 is 0. The monoisotopic (exact) mass is 367 g/mol. The molecule has 3 N–H and O–H groups in total. The van der Waals surface area contributed by atoms with E-state index in [1.54, 1.807) is 24.3 Å². The zero-order chi connectivity index (χ0) is 19.6. The van der Waals surface area contributed by atoms with Gasteiger partial charge in [-0.1, -0.05) is 12.1 Å². The molecule has 140 valence electrons. The van der Waals surface area contributed by atoms with Crippen LogP contribution in [-0.4, -0.2) is 23.8 Å². The lowest BCUT2D eigenvalue weighted by Gasteiger charge is -2.27. The van der Waals surface area contributed by atoms with Crippen LogP contribution in [-0.2, 0) is 14.4 Å². The van der Waals surface area contributed by atoms with Crippen molar-refractivity contribution in [1.29, 1.82) is 0 Å². The van der Waals surface area contributed by atoms with Crippen molar-refractivity contribution in [2.75, 3.05) is 16.0 Å². The van der Waals surface area contributed by atoms with Crippen molar-refractivity contribution in [2.45, 2.75) is 33.2 Å². The number of carbonyl (C=O) groups excluding carboxylic acids is 3. The van der Waals surface area contributed by atoms with Crippen LogP contribution in [0.1, 0.15) is 24.5 Å². The van der Waals surface area contributed by atoms with Crippen molar-refractivity contribution in [1.82, 2.24) is 0 Å². The van der Waals surface area contributed by atoms with Crippen molar-refractivity contribution in [3.8, 4) is 5.75 Å². The van der Waals surface area contributed by atoms with Crippen LogP contribution >= 0.6 is 0 Å². The highest BCUT2D eigenvalue weighted by Crippen LogP contribution is 2.31. The molecule has 0 saturated heterocycles. The standard InChI is InChI=1S/C20H21N3O4/c1-11-8-15-16(9-12(11)2)23-20(26)17(21-15)10-19(25)22-14-6-4-5-7-18(14)27-13(3)24/h4-9,17,21H,10H2,1-3H3,(H,22,25)(H,23,26). The topological polar surface area (TPSA) is 96.5 Å². The molecule has 7 heteroatoms. The lowest BCUT2D eigenvalue weighted by molar-refractivity contribution is -0.132. The minimum atomic E-state index is -0.694. The van der Waals surface area contributed by atoms with E-state index in [4.69, 9.17) is 4.74 Å². The highest BCUT2D eigenvalue weighted by molar-refractivity contribution is 6.06. The second kappa shape index (κ2) is 7.49. The van der Waals surface area contributed by atoms with Crippen LogP contribution in [0.4, 0.5) is 17.1 Å². The Morgan fingerprint density at radius 3 is 2.48 bits per heavy atom. The van der Waals surface area contributed by atoms with E-state index in [9.17, 15) is 14.4 Å². The molecule has 0 fully saturated rings. The molecule has 3 rings (SSSR count). The van der Waals surface area contributed by atoms with Crippen molar-refractivity contribution in [3.63, 3.8) is 0 Å². The molecule has 0 aliphatic carbocycles. The van der Waals surface area contributed by atoms with E-state index in [0.717, 1.165) is 16.8 Å². The second-order valence-corrected chi connectivity index (χ2v) is 6.51. The van der Waals surface area contributed by atoms with Gasteiger partial charge in [0.05, 0.1) is 23.5 Å². The Labute approximate surface area is 157 Å². The van der Waals surface area contributed by atoms with Gasteiger partial charge in [-0.2, -0.15) is 0 Å². The first kappa shape index (κ1) is 18.4. The summed E-state index contributed by atoms with van der Waals surface area (Å²) in [4.78, 5) is 35.9. The molecule has 7 nitrogen and oxygen atoms in total. The number of aryl methyl sites for hydroxylation is 2. The van der Waals surface area contributed by atoms with Crippen molar-refractivity contribution in [2.24, 2.45) is 0 Å². The molecule has 2 aromatic carbocycles. The minimum absolute atomic E-state index is 0.0629. The maximum atomic E-state index is 12.4. The van der Waals surface area contributed by atoms with E-state index in [1.807, 2.05) is 26.0 Å². The number of hydrogen-bond acceptors (Lipinski definition) is 5. The summed E-state index contributed by atoms with van der Waals surface area (Å²) in [6.45, 7) is 5.25. The van der Waals surface area contributed by atoms with Gasteiger partial charge in [0.15, 0.2) is 5.75 Å². The number of ether oxygens (including phenoxy) is 1. The minimum Gasteiger partial charge on any atom is -0.424 e. The third-order valence-corrected chi connectivity index (χ3v) is 4.34. The van der Waals surface area contributed by atoms with Crippen LogP contribution in [0.25, 0.3) is 0 Å². The molecule has 1 unspecified atom stereocenters. The molecule has 1 aliphatic rings. The summed E-state index contributed by atoms with van der Waals surface area (Å²) < 4.78 is 5.08. The van der Waals surface area contributed by atoms with Gasteiger partial charge < -0.3 is 20.7 Å². The number of benzene rings is 2. The fourth-order valence-corrected chi connectivity index (χ4v) is 2.86. The molecule has 0 spiro atoms. The molecule has 1 atom stereocenters. The average Bonchev–Trinajstić information content (AvgIpc) is 2.59. The van der Waals surface area contributed by atoms with Gasteiger partial charge in [0.25, 0.3) is 0 Å². The molecule has 0 radical (unpaired) electrons. The average molecular weight is 367 g/mol. The van der Waals surface area contributed by atoms with Crippen molar-refractivity contribution >= 4 is 34.8 Å². The van der Waals surface area contributed by atoms with Gasteiger partial charge in [0, 0.05) is 6.92 Å². The third-order valence-electron chi connectivity index (χ3n) is 4.34. The van der Waals surface area contributed by atoms with E-state index >= 15 is 0 Å². The SMILES string of the molecule is CC(=O)Oc1ccccc1NC(=O)CC1Nc2cc(C)c(C)cc2NC1=O. The molecular formula is C20H21N3O4. The summed E-state index contributed by atoms with van der Waals surface area (Å²) in [6.07, 6.45) is -0.0629. The summed E-state index contributed by atoms with van der Waals surface area (Å²) in [5, 5.41) is 8.65. The maximum Gasteiger partial charge on any atom is 0.308 e.